The highest BCUT2D eigenvalue weighted by Gasteiger charge is 2.34. The summed E-state index contributed by atoms with van der Waals surface area (Å²) in [7, 11) is 0. The SMILES string of the molecule is Nc1ncc(F)n2c(C(O)(O)O)nc(-c3ccc(NC(=O)C(O)c4cccc(F)c4)c(F)c3F)c12. The Morgan fingerprint density at radius 1 is 1.09 bits per heavy atom. The zero-order chi connectivity index (χ0) is 25.7. The number of benzene rings is 2. The number of imidazole rings is 1. The maximum absolute atomic E-state index is 15.0. The van der Waals surface area contributed by atoms with E-state index in [1.165, 1.54) is 12.1 Å². The van der Waals surface area contributed by atoms with Gasteiger partial charge in [-0.3, -0.25) is 9.20 Å². The maximum Gasteiger partial charge on any atom is 0.339 e. The highest BCUT2D eigenvalue weighted by Crippen LogP contribution is 2.35. The summed E-state index contributed by atoms with van der Waals surface area (Å²) in [6.07, 6.45) is -1.34. The van der Waals surface area contributed by atoms with E-state index in [9.17, 15) is 38.4 Å². The van der Waals surface area contributed by atoms with Gasteiger partial charge in [0.15, 0.2) is 17.7 Å². The number of nitrogens with zero attached hydrogens (tertiary/aromatic N) is 3. The number of amides is 1. The van der Waals surface area contributed by atoms with E-state index in [0.717, 1.165) is 24.3 Å². The fourth-order valence-corrected chi connectivity index (χ4v) is 3.38. The summed E-state index contributed by atoms with van der Waals surface area (Å²) in [6, 6.07) is 6.22. The molecule has 0 spiro atoms. The summed E-state index contributed by atoms with van der Waals surface area (Å²) in [5.41, 5.74) is 3.05. The lowest BCUT2D eigenvalue weighted by atomic mass is 10.1. The van der Waals surface area contributed by atoms with Crippen LogP contribution in [0, 0.1) is 23.4 Å². The lowest BCUT2D eigenvalue weighted by Gasteiger charge is -2.13. The van der Waals surface area contributed by atoms with Crippen LogP contribution in [0.5, 0.6) is 0 Å². The minimum Gasteiger partial charge on any atom is -0.382 e. The summed E-state index contributed by atoms with van der Waals surface area (Å²) in [6.45, 7) is 0. The number of carbonyl (C=O) groups is 1. The molecule has 7 N–H and O–H groups in total. The van der Waals surface area contributed by atoms with Crippen LogP contribution in [-0.2, 0) is 10.8 Å². The van der Waals surface area contributed by atoms with Crippen LogP contribution in [0.1, 0.15) is 17.5 Å². The van der Waals surface area contributed by atoms with Gasteiger partial charge in [0.1, 0.15) is 22.8 Å². The Morgan fingerprint density at radius 3 is 2.46 bits per heavy atom. The summed E-state index contributed by atoms with van der Waals surface area (Å²) < 4.78 is 57.8. The van der Waals surface area contributed by atoms with Crippen LogP contribution in [0.3, 0.4) is 0 Å². The van der Waals surface area contributed by atoms with Gasteiger partial charge in [-0.1, -0.05) is 12.1 Å². The molecular formula is C21H15F4N5O5. The van der Waals surface area contributed by atoms with Crippen molar-refractivity contribution in [2.45, 2.75) is 12.1 Å². The molecule has 0 fully saturated rings. The number of rotatable bonds is 5. The number of aliphatic hydroxyl groups is 4. The molecule has 0 bridgehead atoms. The third-order valence-electron chi connectivity index (χ3n) is 4.95. The maximum atomic E-state index is 15.0. The first-order valence-corrected chi connectivity index (χ1v) is 9.63. The first-order valence-electron chi connectivity index (χ1n) is 9.63. The molecule has 14 heteroatoms. The van der Waals surface area contributed by atoms with Crippen molar-refractivity contribution in [3.05, 3.63) is 77.4 Å². The lowest BCUT2D eigenvalue weighted by Crippen LogP contribution is -2.27. The third kappa shape index (κ3) is 4.26. The highest BCUT2D eigenvalue weighted by molar-refractivity contribution is 5.95. The smallest absolute Gasteiger partial charge is 0.339 e. The monoisotopic (exact) mass is 493 g/mol. The van der Waals surface area contributed by atoms with Crippen molar-refractivity contribution >= 4 is 22.9 Å². The number of nitrogen functional groups attached to an aromatic ring is 1. The Hall–Kier alpha value is -4.11. The van der Waals surface area contributed by atoms with Gasteiger partial charge in [-0.25, -0.2) is 23.1 Å². The predicted octanol–water partition coefficient (Wildman–Crippen LogP) is 1.29. The van der Waals surface area contributed by atoms with Crippen molar-refractivity contribution in [1.29, 1.82) is 0 Å². The van der Waals surface area contributed by atoms with E-state index in [2.05, 4.69) is 9.97 Å². The summed E-state index contributed by atoms with van der Waals surface area (Å²) in [5, 5.41) is 40.6. The van der Waals surface area contributed by atoms with E-state index in [4.69, 9.17) is 5.73 Å². The molecule has 0 radical (unpaired) electrons. The number of aliphatic hydroxyl groups excluding tert-OH is 1. The average molecular weight is 493 g/mol. The number of hydrogen-bond donors (Lipinski definition) is 6. The fraction of sp³-hybridized carbons (Fsp3) is 0.0952. The Morgan fingerprint density at radius 2 is 1.80 bits per heavy atom. The van der Waals surface area contributed by atoms with E-state index >= 15 is 4.39 Å². The Balaban J connectivity index is 1.76. The van der Waals surface area contributed by atoms with Gasteiger partial charge in [-0.15, -0.1) is 0 Å². The molecule has 0 saturated carbocycles. The zero-order valence-corrected chi connectivity index (χ0v) is 17.2. The van der Waals surface area contributed by atoms with E-state index in [1.54, 1.807) is 0 Å². The van der Waals surface area contributed by atoms with Crippen molar-refractivity contribution in [2.75, 3.05) is 11.1 Å². The minimum absolute atomic E-state index is 0.137. The van der Waals surface area contributed by atoms with Crippen molar-refractivity contribution in [1.82, 2.24) is 14.4 Å². The van der Waals surface area contributed by atoms with Gasteiger partial charge in [0.05, 0.1) is 11.9 Å². The van der Waals surface area contributed by atoms with Gasteiger partial charge in [0.2, 0.25) is 11.8 Å². The molecular weight excluding hydrogens is 478 g/mol. The van der Waals surface area contributed by atoms with Crippen LogP contribution in [0.15, 0.2) is 42.6 Å². The molecule has 0 saturated heterocycles. The molecule has 10 nitrogen and oxygen atoms in total. The topological polar surface area (TPSA) is 166 Å². The Bertz CT molecular complexity index is 1470. The molecule has 1 atom stereocenters. The van der Waals surface area contributed by atoms with Crippen LogP contribution >= 0.6 is 0 Å². The minimum atomic E-state index is -3.69. The molecule has 2 aromatic heterocycles. The molecule has 4 rings (SSSR count). The summed E-state index contributed by atoms with van der Waals surface area (Å²) in [4.78, 5) is 19.4. The van der Waals surface area contributed by atoms with Gasteiger partial charge in [-0.05, 0) is 29.8 Å². The van der Waals surface area contributed by atoms with E-state index in [1.807, 2.05) is 5.32 Å². The van der Waals surface area contributed by atoms with E-state index in [-0.39, 0.29) is 5.56 Å². The number of carbonyl (C=O) groups excluding carboxylic acids is 1. The zero-order valence-electron chi connectivity index (χ0n) is 17.2. The molecule has 0 aliphatic carbocycles. The van der Waals surface area contributed by atoms with E-state index < -0.39 is 75.5 Å². The number of fused-ring (bicyclic) bond motifs is 1. The van der Waals surface area contributed by atoms with Gasteiger partial charge >= 0.3 is 5.97 Å². The predicted molar refractivity (Wildman–Crippen MR) is 111 cm³/mol. The Kier molecular flexibility index (Phi) is 5.90. The number of nitrogens with two attached hydrogens (primary N) is 1. The quantitative estimate of drug-likeness (QED) is 0.179. The van der Waals surface area contributed by atoms with Crippen LogP contribution < -0.4 is 11.1 Å². The summed E-state index contributed by atoms with van der Waals surface area (Å²) in [5.74, 6) is -11.7. The number of hydrogen-bond acceptors (Lipinski definition) is 8. The molecule has 1 amide bonds. The van der Waals surface area contributed by atoms with Gasteiger partial charge in [-0.2, -0.15) is 4.39 Å². The van der Waals surface area contributed by atoms with Crippen molar-refractivity contribution < 1.29 is 42.8 Å². The van der Waals surface area contributed by atoms with E-state index in [0.29, 0.717) is 10.6 Å². The van der Waals surface area contributed by atoms with Crippen LogP contribution in [-0.4, -0.2) is 40.7 Å². The second-order valence-electron chi connectivity index (χ2n) is 7.31. The Labute approximate surface area is 192 Å². The largest absolute Gasteiger partial charge is 0.382 e. The number of anilines is 2. The van der Waals surface area contributed by atoms with Crippen LogP contribution in [0.2, 0.25) is 0 Å². The second kappa shape index (κ2) is 8.59. The lowest BCUT2D eigenvalue weighted by molar-refractivity contribution is -0.329. The number of nitrogens with one attached hydrogen (secondary N) is 1. The van der Waals surface area contributed by atoms with Gasteiger partial charge < -0.3 is 31.5 Å². The van der Waals surface area contributed by atoms with Crippen molar-refractivity contribution in [2.24, 2.45) is 0 Å². The fourth-order valence-electron chi connectivity index (χ4n) is 3.38. The summed E-state index contributed by atoms with van der Waals surface area (Å²) >= 11 is 0. The molecule has 182 valence electrons. The number of halogens is 4. The number of aromatic nitrogens is 3. The second-order valence-corrected chi connectivity index (χ2v) is 7.31. The van der Waals surface area contributed by atoms with Crippen LogP contribution in [0.25, 0.3) is 16.8 Å². The standard InChI is InChI=1S/C21H15F4N5O5/c22-9-3-1-2-8(6-9)17(31)19(32)28-11-5-4-10(13(24)14(11)25)15-16-18(26)27-7-12(23)30(16)20(29-15)21(33,34)35/h1-7,17,31,33-35H,(H2,26,27)(H,28,32). The van der Waals surface area contributed by atoms with Crippen LogP contribution in [0.4, 0.5) is 29.1 Å². The molecule has 35 heavy (non-hydrogen) atoms. The normalized spacial score (nSPS) is 12.7. The molecule has 0 aliphatic heterocycles. The first-order chi connectivity index (χ1) is 16.4. The van der Waals surface area contributed by atoms with Crippen molar-refractivity contribution in [3.8, 4) is 11.3 Å². The van der Waals surface area contributed by atoms with Crippen molar-refractivity contribution in [3.63, 3.8) is 0 Å². The third-order valence-corrected chi connectivity index (χ3v) is 4.95. The molecule has 0 aliphatic rings. The van der Waals surface area contributed by atoms with Gasteiger partial charge in [0, 0.05) is 5.56 Å². The molecule has 4 aromatic rings. The molecule has 2 heterocycles. The highest BCUT2D eigenvalue weighted by atomic mass is 19.2. The average Bonchev–Trinajstić information content (AvgIpc) is 3.21. The molecule has 1 unspecified atom stereocenters. The first kappa shape index (κ1) is 24.0. The van der Waals surface area contributed by atoms with Gasteiger partial charge in [0.25, 0.3) is 5.91 Å². The molecule has 2 aromatic carbocycles.